The highest BCUT2D eigenvalue weighted by Gasteiger charge is 2.13. The Bertz CT molecular complexity index is 423. The number of esters is 1. The molecule has 1 N–H and O–H groups in total. The molecule has 0 radical (unpaired) electrons. The van der Waals surface area contributed by atoms with Crippen molar-refractivity contribution < 1.29 is 14.3 Å². The molecule has 6 heteroatoms. The summed E-state index contributed by atoms with van der Waals surface area (Å²) in [5.41, 5.74) is 0.709. The Morgan fingerprint density at radius 3 is 2.75 bits per heavy atom. The maximum atomic E-state index is 11.4. The molecule has 0 heterocycles. The van der Waals surface area contributed by atoms with Crippen LogP contribution in [0.2, 0.25) is 0 Å². The molecule has 0 saturated heterocycles. The molecule has 0 bridgehead atoms. The van der Waals surface area contributed by atoms with Crippen LogP contribution < -0.4 is 5.32 Å². The minimum Gasteiger partial charge on any atom is -0.465 e. The van der Waals surface area contributed by atoms with Crippen molar-refractivity contribution in [1.82, 2.24) is 0 Å². The van der Waals surface area contributed by atoms with E-state index in [1.54, 1.807) is 18.2 Å². The van der Waals surface area contributed by atoms with Crippen molar-refractivity contribution in [3.05, 3.63) is 28.2 Å². The molecule has 1 aromatic carbocycles. The molecule has 1 aromatic rings. The highest BCUT2D eigenvalue weighted by atomic mass is 79.9. The summed E-state index contributed by atoms with van der Waals surface area (Å²) in [7, 11) is 1.29. The first-order valence-corrected chi connectivity index (χ1v) is 5.79. The lowest BCUT2D eigenvalue weighted by atomic mass is 10.2. The van der Waals surface area contributed by atoms with E-state index in [9.17, 15) is 9.59 Å². The van der Waals surface area contributed by atoms with Crippen LogP contribution in [-0.2, 0) is 9.53 Å². The highest BCUT2D eigenvalue weighted by Crippen LogP contribution is 2.21. The largest absolute Gasteiger partial charge is 0.465 e. The van der Waals surface area contributed by atoms with Crippen molar-refractivity contribution >= 4 is 46.1 Å². The van der Waals surface area contributed by atoms with Crippen LogP contribution in [0.4, 0.5) is 5.69 Å². The Balaban J connectivity index is 3.07. The summed E-state index contributed by atoms with van der Waals surface area (Å²) in [6.45, 7) is 0. The number of benzene rings is 1. The lowest BCUT2D eigenvalue weighted by molar-refractivity contribution is -0.113. The number of amides is 1. The van der Waals surface area contributed by atoms with Gasteiger partial charge < -0.3 is 10.1 Å². The lowest BCUT2D eigenvalue weighted by Gasteiger charge is -2.09. The standard InChI is InChI=1S/C10H10BrNO3S/c1-15-10(14)7-4-6(11)2-3-8(7)12-9(13)5-16/h2-4,16H,5H2,1H3,(H,12,13). The van der Waals surface area contributed by atoms with Gasteiger partial charge in [0.15, 0.2) is 0 Å². The Morgan fingerprint density at radius 1 is 1.50 bits per heavy atom. The van der Waals surface area contributed by atoms with Gasteiger partial charge in [-0.05, 0) is 18.2 Å². The molecule has 0 aliphatic carbocycles. The van der Waals surface area contributed by atoms with Gasteiger partial charge in [0.1, 0.15) is 0 Å². The maximum absolute atomic E-state index is 11.4. The molecule has 0 spiro atoms. The van der Waals surface area contributed by atoms with Crippen LogP contribution in [0, 0.1) is 0 Å². The third-order valence-electron chi connectivity index (χ3n) is 1.80. The van der Waals surface area contributed by atoms with Gasteiger partial charge in [-0.1, -0.05) is 15.9 Å². The van der Waals surface area contributed by atoms with Crippen LogP contribution in [0.3, 0.4) is 0 Å². The second kappa shape index (κ2) is 5.91. The van der Waals surface area contributed by atoms with Gasteiger partial charge in [-0.2, -0.15) is 12.6 Å². The van der Waals surface area contributed by atoms with E-state index in [-0.39, 0.29) is 11.7 Å². The number of ether oxygens (including phenoxy) is 1. The highest BCUT2D eigenvalue weighted by molar-refractivity contribution is 9.10. The van der Waals surface area contributed by atoms with Gasteiger partial charge in [0, 0.05) is 4.47 Å². The first-order chi connectivity index (χ1) is 7.58. The predicted molar refractivity (Wildman–Crippen MR) is 68.0 cm³/mol. The van der Waals surface area contributed by atoms with E-state index in [1.807, 2.05) is 0 Å². The number of carbonyl (C=O) groups excluding carboxylic acids is 2. The number of nitrogens with one attached hydrogen (secondary N) is 1. The Kier molecular flexibility index (Phi) is 4.82. The van der Waals surface area contributed by atoms with Crippen molar-refractivity contribution in [2.45, 2.75) is 0 Å². The van der Waals surface area contributed by atoms with Gasteiger partial charge in [0.05, 0.1) is 24.1 Å². The van der Waals surface area contributed by atoms with Crippen LogP contribution >= 0.6 is 28.6 Å². The van der Waals surface area contributed by atoms with E-state index in [0.29, 0.717) is 11.3 Å². The smallest absolute Gasteiger partial charge is 0.340 e. The average Bonchev–Trinajstić information content (AvgIpc) is 2.30. The van der Waals surface area contributed by atoms with Crippen molar-refractivity contribution in [3.8, 4) is 0 Å². The second-order valence-electron chi connectivity index (χ2n) is 2.89. The molecule has 0 aliphatic heterocycles. The van der Waals surface area contributed by atoms with Crippen LogP contribution in [0.5, 0.6) is 0 Å². The number of carbonyl (C=O) groups is 2. The van der Waals surface area contributed by atoms with Gasteiger partial charge in [-0.25, -0.2) is 4.79 Å². The lowest BCUT2D eigenvalue weighted by Crippen LogP contribution is -2.16. The number of thiol groups is 1. The third kappa shape index (κ3) is 3.24. The maximum Gasteiger partial charge on any atom is 0.340 e. The molecule has 1 amide bonds. The number of methoxy groups -OCH3 is 1. The van der Waals surface area contributed by atoms with Gasteiger partial charge in [0.2, 0.25) is 5.91 Å². The zero-order valence-corrected chi connectivity index (χ0v) is 11.0. The van der Waals surface area contributed by atoms with Gasteiger partial charge in [-0.3, -0.25) is 4.79 Å². The minimum atomic E-state index is -0.504. The molecule has 4 nitrogen and oxygen atoms in total. The second-order valence-corrected chi connectivity index (χ2v) is 4.12. The first-order valence-electron chi connectivity index (χ1n) is 4.37. The molecule has 0 aliphatic rings. The fourth-order valence-electron chi connectivity index (χ4n) is 1.09. The quantitative estimate of drug-likeness (QED) is 0.664. The molecule has 1 rings (SSSR count). The predicted octanol–water partition coefficient (Wildman–Crippen LogP) is 2.10. The SMILES string of the molecule is COC(=O)c1cc(Br)ccc1NC(=O)CS. The molecule has 0 atom stereocenters. The molecule has 86 valence electrons. The third-order valence-corrected chi connectivity index (χ3v) is 2.59. The van der Waals surface area contributed by atoms with E-state index in [4.69, 9.17) is 0 Å². The van der Waals surface area contributed by atoms with E-state index in [1.165, 1.54) is 7.11 Å². The average molecular weight is 304 g/mol. The van der Waals surface area contributed by atoms with E-state index in [2.05, 4.69) is 38.6 Å². The Labute approximate surface area is 107 Å². The number of halogens is 1. The van der Waals surface area contributed by atoms with Crippen molar-refractivity contribution in [2.75, 3.05) is 18.2 Å². The molecule has 0 saturated carbocycles. The zero-order chi connectivity index (χ0) is 12.1. The monoisotopic (exact) mass is 303 g/mol. The Hall–Kier alpha value is -1.01. The van der Waals surface area contributed by atoms with Gasteiger partial charge in [0.25, 0.3) is 0 Å². The topological polar surface area (TPSA) is 55.4 Å². The molecular formula is C10H10BrNO3S. The normalized spacial score (nSPS) is 9.69. The fourth-order valence-corrected chi connectivity index (χ4v) is 1.53. The van der Waals surface area contributed by atoms with Gasteiger partial charge in [-0.15, -0.1) is 0 Å². The summed E-state index contributed by atoms with van der Waals surface area (Å²) in [4.78, 5) is 22.6. The van der Waals surface area contributed by atoms with E-state index < -0.39 is 5.97 Å². The van der Waals surface area contributed by atoms with Crippen molar-refractivity contribution in [2.24, 2.45) is 0 Å². The summed E-state index contributed by atoms with van der Waals surface area (Å²) in [5, 5.41) is 2.57. The van der Waals surface area contributed by atoms with Crippen molar-refractivity contribution in [3.63, 3.8) is 0 Å². The fraction of sp³-hybridized carbons (Fsp3) is 0.200. The van der Waals surface area contributed by atoms with Crippen molar-refractivity contribution in [1.29, 1.82) is 0 Å². The molecule has 0 unspecified atom stereocenters. The number of hydrogen-bond donors (Lipinski definition) is 2. The number of rotatable bonds is 3. The van der Waals surface area contributed by atoms with Crippen LogP contribution in [0.15, 0.2) is 22.7 Å². The Morgan fingerprint density at radius 2 is 2.19 bits per heavy atom. The molecule has 0 fully saturated rings. The summed E-state index contributed by atoms with van der Waals surface area (Å²) < 4.78 is 5.35. The van der Waals surface area contributed by atoms with Gasteiger partial charge >= 0.3 is 5.97 Å². The first kappa shape index (κ1) is 13.1. The van der Waals surface area contributed by atoms with E-state index >= 15 is 0 Å². The van der Waals surface area contributed by atoms with E-state index in [0.717, 1.165) is 4.47 Å². The van der Waals surface area contributed by atoms with Crippen LogP contribution in [0.1, 0.15) is 10.4 Å². The van der Waals surface area contributed by atoms with Crippen LogP contribution in [0.25, 0.3) is 0 Å². The number of anilines is 1. The zero-order valence-electron chi connectivity index (χ0n) is 8.49. The molecular weight excluding hydrogens is 294 g/mol. The summed E-state index contributed by atoms with van der Waals surface area (Å²) in [6.07, 6.45) is 0. The van der Waals surface area contributed by atoms with Crippen LogP contribution in [-0.4, -0.2) is 24.7 Å². The molecule has 0 aromatic heterocycles. The minimum absolute atomic E-state index is 0.0523. The number of hydrogen-bond acceptors (Lipinski definition) is 4. The molecule has 16 heavy (non-hydrogen) atoms. The summed E-state index contributed by atoms with van der Waals surface area (Å²) in [6, 6.07) is 4.93. The summed E-state index contributed by atoms with van der Waals surface area (Å²) in [5.74, 6) is -0.733. The summed E-state index contributed by atoms with van der Waals surface area (Å²) >= 11 is 7.08.